The van der Waals surface area contributed by atoms with Crippen LogP contribution in [0.3, 0.4) is 0 Å². The Balaban J connectivity index is 1.33. The van der Waals surface area contributed by atoms with Crippen molar-refractivity contribution in [3.63, 3.8) is 0 Å². The third-order valence-corrected chi connectivity index (χ3v) is 5.98. The van der Waals surface area contributed by atoms with Gasteiger partial charge in [0.25, 0.3) is 0 Å². The lowest BCUT2D eigenvalue weighted by molar-refractivity contribution is -0.146. The average Bonchev–Trinajstić information content (AvgIpc) is 3.20. The van der Waals surface area contributed by atoms with Crippen LogP contribution in [0.15, 0.2) is 16.6 Å². The van der Waals surface area contributed by atoms with Gasteiger partial charge in [-0.2, -0.15) is 0 Å². The minimum Gasteiger partial charge on any atom is -0.461 e. The van der Waals surface area contributed by atoms with Crippen molar-refractivity contribution < 1.29 is 19.0 Å². The van der Waals surface area contributed by atoms with Gasteiger partial charge < -0.3 is 14.2 Å². The summed E-state index contributed by atoms with van der Waals surface area (Å²) in [5.74, 6) is 3.53. The van der Waals surface area contributed by atoms with Crippen molar-refractivity contribution in [1.29, 1.82) is 0 Å². The second-order valence-electron chi connectivity index (χ2n) is 6.60. The highest BCUT2D eigenvalue weighted by atomic mass is 79.9. The van der Waals surface area contributed by atoms with Gasteiger partial charge in [-0.1, -0.05) is 22.4 Å². The highest BCUT2D eigenvalue weighted by molar-refractivity contribution is 9.10. The molecule has 2 saturated carbocycles. The van der Waals surface area contributed by atoms with E-state index in [1.54, 1.807) is 0 Å². The first-order valence-corrected chi connectivity index (χ1v) is 8.72. The second-order valence-corrected chi connectivity index (χ2v) is 7.45. The predicted octanol–water partition coefficient (Wildman–Crippen LogP) is 4.05. The maximum Gasteiger partial charge on any atom is 0.306 e. The third kappa shape index (κ3) is 2.71. The maximum atomic E-state index is 12.1. The number of hydrogen-bond donors (Lipinski definition) is 0. The Morgan fingerprint density at radius 1 is 1.23 bits per heavy atom. The number of rotatable bonds is 4. The van der Waals surface area contributed by atoms with Crippen LogP contribution in [-0.2, 0) is 16.1 Å². The molecule has 0 radical (unpaired) electrons. The van der Waals surface area contributed by atoms with Crippen LogP contribution < -0.4 is 9.47 Å². The van der Waals surface area contributed by atoms with Crippen LogP contribution in [0.4, 0.5) is 0 Å². The SMILES string of the molecule is O=C(C[C@H]1C[C@@H]2CC[C@@H]1C2)OCc1cc2c(cc1Br)OCO2. The molecule has 22 heavy (non-hydrogen) atoms. The third-order valence-electron chi connectivity index (χ3n) is 5.24. The molecule has 5 heteroatoms. The van der Waals surface area contributed by atoms with Gasteiger partial charge in [-0.05, 0) is 49.1 Å². The zero-order valence-corrected chi connectivity index (χ0v) is 13.9. The number of carbonyl (C=O) groups excluding carboxylic acids is 1. The lowest BCUT2D eigenvalue weighted by atomic mass is 9.86. The molecule has 1 aromatic carbocycles. The van der Waals surface area contributed by atoms with Crippen LogP contribution >= 0.6 is 15.9 Å². The standard InChI is InChI=1S/C17H19BrO4/c18-14-7-16-15(21-9-22-16)5-13(14)8-20-17(19)6-12-4-10-1-2-11(12)3-10/h5,7,10-12H,1-4,6,8-9H2/t10-,11-,12-/m1/s1. The molecule has 118 valence electrons. The smallest absolute Gasteiger partial charge is 0.306 e. The number of esters is 1. The van der Waals surface area contributed by atoms with E-state index in [1.807, 2.05) is 12.1 Å². The van der Waals surface area contributed by atoms with Gasteiger partial charge in [-0.15, -0.1) is 0 Å². The van der Waals surface area contributed by atoms with E-state index in [-0.39, 0.29) is 19.4 Å². The molecular formula is C17H19BrO4. The highest BCUT2D eigenvalue weighted by Crippen LogP contribution is 2.49. The number of carbonyl (C=O) groups is 1. The summed E-state index contributed by atoms with van der Waals surface area (Å²) in [5, 5.41) is 0. The van der Waals surface area contributed by atoms with Gasteiger partial charge in [0.05, 0.1) is 0 Å². The van der Waals surface area contributed by atoms with E-state index in [0.29, 0.717) is 18.1 Å². The fourth-order valence-corrected chi connectivity index (χ4v) is 4.56. The molecule has 2 bridgehead atoms. The number of fused-ring (bicyclic) bond motifs is 3. The highest BCUT2D eigenvalue weighted by Gasteiger charge is 2.40. The van der Waals surface area contributed by atoms with E-state index < -0.39 is 0 Å². The van der Waals surface area contributed by atoms with Gasteiger partial charge in [-0.3, -0.25) is 4.79 Å². The van der Waals surface area contributed by atoms with E-state index in [1.165, 1.54) is 25.7 Å². The molecule has 0 spiro atoms. The zero-order valence-electron chi connectivity index (χ0n) is 12.3. The maximum absolute atomic E-state index is 12.1. The quantitative estimate of drug-likeness (QED) is 0.754. The van der Waals surface area contributed by atoms with Gasteiger partial charge >= 0.3 is 5.97 Å². The van der Waals surface area contributed by atoms with E-state index >= 15 is 0 Å². The minimum atomic E-state index is -0.0814. The molecule has 1 aliphatic heterocycles. The number of ether oxygens (including phenoxy) is 3. The summed E-state index contributed by atoms with van der Waals surface area (Å²) >= 11 is 3.49. The molecule has 4 rings (SSSR count). The van der Waals surface area contributed by atoms with Crippen LogP contribution in [0, 0.1) is 17.8 Å². The van der Waals surface area contributed by atoms with Crippen molar-refractivity contribution in [3.8, 4) is 11.5 Å². The molecule has 0 unspecified atom stereocenters. The molecule has 0 aromatic heterocycles. The van der Waals surface area contributed by atoms with E-state index in [9.17, 15) is 4.79 Å². The molecule has 2 aliphatic carbocycles. The molecule has 1 heterocycles. The van der Waals surface area contributed by atoms with Gasteiger partial charge in [0, 0.05) is 16.5 Å². The number of hydrogen-bond acceptors (Lipinski definition) is 4. The Hall–Kier alpha value is -1.23. The van der Waals surface area contributed by atoms with Crippen LogP contribution in [0.1, 0.15) is 37.7 Å². The Morgan fingerprint density at radius 2 is 2.05 bits per heavy atom. The summed E-state index contributed by atoms with van der Waals surface area (Å²) in [6.45, 7) is 0.520. The van der Waals surface area contributed by atoms with E-state index in [0.717, 1.165) is 27.6 Å². The summed E-state index contributed by atoms with van der Waals surface area (Å²) in [6, 6.07) is 3.73. The normalized spacial score (nSPS) is 28.1. The van der Waals surface area contributed by atoms with Gasteiger partial charge in [0.15, 0.2) is 11.5 Å². The Kier molecular flexibility index (Phi) is 3.76. The zero-order chi connectivity index (χ0) is 15.1. The summed E-state index contributed by atoms with van der Waals surface area (Å²) in [7, 11) is 0. The molecule has 0 N–H and O–H groups in total. The Bertz CT molecular complexity index is 601. The minimum absolute atomic E-state index is 0.0814. The topological polar surface area (TPSA) is 44.8 Å². The average molecular weight is 367 g/mol. The first-order chi connectivity index (χ1) is 10.7. The van der Waals surface area contributed by atoms with Crippen LogP contribution in [0.2, 0.25) is 0 Å². The van der Waals surface area contributed by atoms with Gasteiger partial charge in [0.1, 0.15) is 6.61 Å². The van der Waals surface area contributed by atoms with E-state index in [2.05, 4.69) is 15.9 Å². The molecule has 3 aliphatic rings. The van der Waals surface area contributed by atoms with Crippen LogP contribution in [0.25, 0.3) is 0 Å². The molecule has 4 nitrogen and oxygen atoms in total. The van der Waals surface area contributed by atoms with Crippen LogP contribution in [0.5, 0.6) is 11.5 Å². The van der Waals surface area contributed by atoms with Crippen LogP contribution in [-0.4, -0.2) is 12.8 Å². The number of benzene rings is 1. The summed E-state index contributed by atoms with van der Waals surface area (Å²) in [5.41, 5.74) is 0.908. The Morgan fingerprint density at radius 3 is 2.77 bits per heavy atom. The van der Waals surface area contributed by atoms with Crippen molar-refractivity contribution in [3.05, 3.63) is 22.2 Å². The summed E-state index contributed by atoms with van der Waals surface area (Å²) in [4.78, 5) is 12.1. The van der Waals surface area contributed by atoms with Crippen molar-refractivity contribution >= 4 is 21.9 Å². The predicted molar refractivity (Wildman–Crippen MR) is 83.6 cm³/mol. The lowest BCUT2D eigenvalue weighted by Gasteiger charge is -2.20. The van der Waals surface area contributed by atoms with Crippen molar-refractivity contribution in [1.82, 2.24) is 0 Å². The molecule has 0 saturated heterocycles. The largest absolute Gasteiger partial charge is 0.461 e. The van der Waals surface area contributed by atoms with Crippen molar-refractivity contribution in [2.75, 3.05) is 6.79 Å². The monoisotopic (exact) mass is 366 g/mol. The van der Waals surface area contributed by atoms with Crippen molar-refractivity contribution in [2.45, 2.75) is 38.7 Å². The number of halogens is 1. The molecule has 3 atom stereocenters. The molecule has 2 fully saturated rings. The summed E-state index contributed by atoms with van der Waals surface area (Å²) < 4.78 is 17.0. The first-order valence-electron chi connectivity index (χ1n) is 7.92. The fourth-order valence-electron chi connectivity index (χ4n) is 4.13. The lowest BCUT2D eigenvalue weighted by Crippen LogP contribution is -2.17. The first kappa shape index (κ1) is 14.4. The van der Waals surface area contributed by atoms with E-state index in [4.69, 9.17) is 14.2 Å². The summed E-state index contributed by atoms with van der Waals surface area (Å²) in [6.07, 6.45) is 5.78. The Labute approximate surface area is 138 Å². The van der Waals surface area contributed by atoms with Gasteiger partial charge in [0.2, 0.25) is 6.79 Å². The second kappa shape index (κ2) is 5.76. The van der Waals surface area contributed by atoms with Gasteiger partial charge in [-0.25, -0.2) is 0 Å². The molecule has 0 amide bonds. The fraction of sp³-hybridized carbons (Fsp3) is 0.588. The molecular weight excluding hydrogens is 348 g/mol. The van der Waals surface area contributed by atoms with Crippen molar-refractivity contribution in [2.24, 2.45) is 17.8 Å². The molecule has 1 aromatic rings.